The molecule has 2 rings (SSSR count). The van der Waals surface area contributed by atoms with Crippen molar-refractivity contribution in [3.63, 3.8) is 0 Å². The minimum atomic E-state index is -0.474. The fraction of sp³-hybridized carbons (Fsp3) is 0.263. The Kier molecular flexibility index (Phi) is 8.12. The SMILES string of the molecule is CCCOc1ccc(C(=O)NNC(=O)COc2ccc(C)cc2Br)cc1Br. The Labute approximate surface area is 174 Å². The van der Waals surface area contributed by atoms with Crippen molar-refractivity contribution in [1.29, 1.82) is 0 Å². The summed E-state index contributed by atoms with van der Waals surface area (Å²) in [7, 11) is 0. The molecule has 27 heavy (non-hydrogen) atoms. The van der Waals surface area contributed by atoms with Crippen LogP contribution in [-0.4, -0.2) is 25.0 Å². The van der Waals surface area contributed by atoms with Crippen molar-refractivity contribution in [3.8, 4) is 11.5 Å². The molecule has 8 heteroatoms. The first-order valence-electron chi connectivity index (χ1n) is 8.31. The van der Waals surface area contributed by atoms with Crippen molar-refractivity contribution in [2.75, 3.05) is 13.2 Å². The molecule has 0 saturated carbocycles. The molecule has 0 atom stereocenters. The molecule has 0 bridgehead atoms. The highest BCUT2D eigenvalue weighted by atomic mass is 79.9. The number of carbonyl (C=O) groups excluding carboxylic acids is 2. The van der Waals surface area contributed by atoms with Gasteiger partial charge in [-0.2, -0.15) is 0 Å². The van der Waals surface area contributed by atoms with E-state index in [2.05, 4.69) is 42.7 Å². The van der Waals surface area contributed by atoms with Crippen LogP contribution in [0.1, 0.15) is 29.3 Å². The summed E-state index contributed by atoms with van der Waals surface area (Å²) in [6, 6.07) is 10.5. The smallest absolute Gasteiger partial charge is 0.276 e. The average molecular weight is 500 g/mol. The third kappa shape index (κ3) is 6.55. The van der Waals surface area contributed by atoms with E-state index in [0.29, 0.717) is 28.1 Å². The first kappa shape index (κ1) is 21.2. The maximum absolute atomic E-state index is 12.2. The lowest BCUT2D eigenvalue weighted by atomic mass is 10.2. The Morgan fingerprint density at radius 3 is 2.30 bits per heavy atom. The number of hydrogen-bond donors (Lipinski definition) is 2. The zero-order valence-corrected chi connectivity index (χ0v) is 18.1. The number of halogens is 2. The van der Waals surface area contributed by atoms with Gasteiger partial charge in [0.15, 0.2) is 6.61 Å². The summed E-state index contributed by atoms with van der Waals surface area (Å²) in [5, 5.41) is 0. The van der Waals surface area contributed by atoms with E-state index < -0.39 is 11.8 Å². The van der Waals surface area contributed by atoms with Crippen LogP contribution in [-0.2, 0) is 4.79 Å². The summed E-state index contributed by atoms with van der Waals surface area (Å²) in [6.07, 6.45) is 0.891. The van der Waals surface area contributed by atoms with Gasteiger partial charge in [-0.05, 0) is 81.1 Å². The third-order valence-electron chi connectivity index (χ3n) is 3.42. The van der Waals surface area contributed by atoms with Crippen LogP contribution in [0.4, 0.5) is 0 Å². The molecule has 0 unspecified atom stereocenters. The average Bonchev–Trinajstić information content (AvgIpc) is 2.64. The number of amides is 2. The van der Waals surface area contributed by atoms with Crippen molar-refractivity contribution >= 4 is 43.7 Å². The zero-order valence-electron chi connectivity index (χ0n) is 15.0. The van der Waals surface area contributed by atoms with Crippen molar-refractivity contribution in [3.05, 3.63) is 56.5 Å². The van der Waals surface area contributed by atoms with Crippen LogP contribution >= 0.6 is 31.9 Å². The molecule has 0 spiro atoms. The number of hydrogen-bond acceptors (Lipinski definition) is 4. The van der Waals surface area contributed by atoms with E-state index in [-0.39, 0.29) is 6.61 Å². The van der Waals surface area contributed by atoms with Crippen LogP contribution in [0.25, 0.3) is 0 Å². The fourth-order valence-electron chi connectivity index (χ4n) is 2.07. The molecule has 0 saturated heterocycles. The quantitative estimate of drug-likeness (QED) is 0.561. The van der Waals surface area contributed by atoms with Crippen molar-refractivity contribution in [1.82, 2.24) is 10.9 Å². The molecule has 6 nitrogen and oxygen atoms in total. The van der Waals surface area contributed by atoms with E-state index in [1.165, 1.54) is 0 Å². The Morgan fingerprint density at radius 1 is 0.963 bits per heavy atom. The Hall–Kier alpha value is -2.06. The number of hydrazine groups is 1. The van der Waals surface area contributed by atoms with Crippen molar-refractivity contribution < 1.29 is 19.1 Å². The van der Waals surface area contributed by atoms with Crippen LogP contribution < -0.4 is 20.3 Å². The normalized spacial score (nSPS) is 10.2. The first-order valence-corrected chi connectivity index (χ1v) is 9.89. The second-order valence-electron chi connectivity index (χ2n) is 5.72. The van der Waals surface area contributed by atoms with Crippen molar-refractivity contribution in [2.45, 2.75) is 20.3 Å². The molecule has 0 heterocycles. The minimum Gasteiger partial charge on any atom is -0.492 e. The van der Waals surface area contributed by atoms with Crippen LogP contribution in [0.5, 0.6) is 11.5 Å². The molecule has 0 radical (unpaired) electrons. The highest BCUT2D eigenvalue weighted by Crippen LogP contribution is 2.26. The zero-order chi connectivity index (χ0) is 19.8. The monoisotopic (exact) mass is 498 g/mol. The van der Waals surface area contributed by atoms with Gasteiger partial charge in [-0.1, -0.05) is 13.0 Å². The molecule has 2 aromatic rings. The summed E-state index contributed by atoms with van der Waals surface area (Å²) in [5.74, 6) is 0.295. The van der Waals surface area contributed by atoms with Gasteiger partial charge in [-0.3, -0.25) is 20.4 Å². The van der Waals surface area contributed by atoms with Crippen LogP contribution in [0, 0.1) is 6.92 Å². The van der Waals surface area contributed by atoms with Gasteiger partial charge in [-0.15, -0.1) is 0 Å². The maximum Gasteiger partial charge on any atom is 0.276 e. The molecular formula is C19H20Br2N2O4. The number of aryl methyl sites for hydroxylation is 1. The van der Waals surface area contributed by atoms with E-state index in [1.54, 1.807) is 24.3 Å². The molecular weight excluding hydrogens is 480 g/mol. The molecule has 0 fully saturated rings. The Bertz CT molecular complexity index is 827. The number of rotatable bonds is 7. The highest BCUT2D eigenvalue weighted by Gasteiger charge is 2.11. The first-order chi connectivity index (χ1) is 12.9. The van der Waals surface area contributed by atoms with E-state index >= 15 is 0 Å². The van der Waals surface area contributed by atoms with Gasteiger partial charge in [0.25, 0.3) is 11.8 Å². The van der Waals surface area contributed by atoms with E-state index in [9.17, 15) is 9.59 Å². The van der Waals surface area contributed by atoms with Gasteiger partial charge >= 0.3 is 0 Å². The molecule has 0 aliphatic rings. The summed E-state index contributed by atoms with van der Waals surface area (Å²) >= 11 is 6.75. The van der Waals surface area contributed by atoms with Crippen LogP contribution in [0.15, 0.2) is 45.3 Å². The largest absolute Gasteiger partial charge is 0.492 e. The fourth-order valence-corrected chi connectivity index (χ4v) is 3.17. The lowest BCUT2D eigenvalue weighted by molar-refractivity contribution is -0.123. The number of benzene rings is 2. The van der Waals surface area contributed by atoms with Crippen LogP contribution in [0.3, 0.4) is 0 Å². The maximum atomic E-state index is 12.2. The molecule has 2 aromatic carbocycles. The van der Waals surface area contributed by atoms with Gasteiger partial charge < -0.3 is 9.47 Å². The molecule has 0 aromatic heterocycles. The summed E-state index contributed by atoms with van der Waals surface area (Å²) in [6.45, 7) is 4.34. The number of ether oxygens (including phenoxy) is 2. The second kappa shape index (κ2) is 10.3. The Balaban J connectivity index is 1.83. The van der Waals surface area contributed by atoms with Gasteiger partial charge in [-0.25, -0.2) is 0 Å². The molecule has 2 N–H and O–H groups in total. The summed E-state index contributed by atoms with van der Waals surface area (Å²) in [5.41, 5.74) is 6.14. The molecule has 2 amide bonds. The second-order valence-corrected chi connectivity index (χ2v) is 7.43. The summed E-state index contributed by atoms with van der Waals surface area (Å²) in [4.78, 5) is 24.0. The number of carbonyl (C=O) groups is 2. The van der Waals surface area contributed by atoms with Gasteiger partial charge in [0, 0.05) is 5.56 Å². The van der Waals surface area contributed by atoms with Crippen LogP contribution in [0.2, 0.25) is 0 Å². The predicted octanol–water partition coefficient (Wildman–Crippen LogP) is 4.15. The topological polar surface area (TPSA) is 76.7 Å². The lowest BCUT2D eigenvalue weighted by Crippen LogP contribution is -2.43. The van der Waals surface area contributed by atoms with E-state index in [4.69, 9.17) is 9.47 Å². The van der Waals surface area contributed by atoms with Gasteiger partial charge in [0.05, 0.1) is 15.6 Å². The highest BCUT2D eigenvalue weighted by molar-refractivity contribution is 9.10. The molecule has 0 aliphatic carbocycles. The number of nitrogens with one attached hydrogen (secondary N) is 2. The minimum absolute atomic E-state index is 0.227. The predicted molar refractivity (Wildman–Crippen MR) is 110 cm³/mol. The third-order valence-corrected chi connectivity index (χ3v) is 4.66. The Morgan fingerprint density at radius 2 is 1.63 bits per heavy atom. The van der Waals surface area contributed by atoms with Crippen molar-refractivity contribution in [2.24, 2.45) is 0 Å². The van der Waals surface area contributed by atoms with Gasteiger partial charge in [0.2, 0.25) is 0 Å². The van der Waals surface area contributed by atoms with E-state index in [0.717, 1.165) is 16.5 Å². The van der Waals surface area contributed by atoms with E-state index in [1.807, 2.05) is 26.0 Å². The standard InChI is InChI=1S/C19H20Br2N2O4/c1-3-8-26-16-7-5-13(10-15(16)21)19(25)23-22-18(24)11-27-17-6-4-12(2)9-14(17)20/h4-7,9-10H,3,8,11H2,1-2H3,(H,22,24)(H,23,25). The summed E-state index contributed by atoms with van der Waals surface area (Å²) < 4.78 is 12.4. The molecule has 0 aliphatic heterocycles. The lowest BCUT2D eigenvalue weighted by Gasteiger charge is -2.11. The molecule has 144 valence electrons. The van der Waals surface area contributed by atoms with Gasteiger partial charge in [0.1, 0.15) is 11.5 Å².